The number of aryl methyl sites for hydroxylation is 1. The summed E-state index contributed by atoms with van der Waals surface area (Å²) in [6.07, 6.45) is 3.57. The molecule has 1 aromatic heterocycles. The van der Waals surface area contributed by atoms with Gasteiger partial charge in [0.2, 0.25) is 0 Å². The van der Waals surface area contributed by atoms with E-state index in [9.17, 15) is 0 Å². The van der Waals surface area contributed by atoms with Gasteiger partial charge in [-0.25, -0.2) is 0 Å². The van der Waals surface area contributed by atoms with E-state index in [1.165, 1.54) is 45.5 Å². The third kappa shape index (κ3) is 1.87. The van der Waals surface area contributed by atoms with Gasteiger partial charge in [-0.3, -0.25) is 0 Å². The molecule has 1 fully saturated rings. The first-order valence-corrected chi connectivity index (χ1v) is 11.6. The van der Waals surface area contributed by atoms with E-state index < -0.39 is 0 Å². The quantitative estimate of drug-likeness (QED) is 0.524. The van der Waals surface area contributed by atoms with Crippen LogP contribution in [-0.2, 0) is 18.3 Å². The Balaban J connectivity index is 0.000000852. The van der Waals surface area contributed by atoms with Crippen molar-refractivity contribution in [1.29, 1.82) is 0 Å². The molecule has 0 radical (unpaired) electrons. The van der Waals surface area contributed by atoms with Crippen LogP contribution in [0.3, 0.4) is 0 Å². The van der Waals surface area contributed by atoms with E-state index in [1.807, 2.05) is 13.8 Å². The van der Waals surface area contributed by atoms with E-state index in [0.29, 0.717) is 6.04 Å². The zero-order valence-corrected chi connectivity index (χ0v) is 18.8. The van der Waals surface area contributed by atoms with Gasteiger partial charge in [-0.15, -0.1) is 0 Å². The number of nitrogens with zero attached hydrogens (tertiary/aromatic N) is 1. The topological polar surface area (TPSA) is 28.3 Å². The molecule has 156 valence electrons. The Bertz CT molecular complexity index is 1180. The molecule has 2 bridgehead atoms. The predicted octanol–water partition coefficient (Wildman–Crippen LogP) is 5.70. The number of likely N-dealkylation sites (tertiary alicyclic amines) is 1. The molecule has 1 saturated heterocycles. The van der Waals surface area contributed by atoms with Crippen LogP contribution in [0.25, 0.3) is 10.9 Å². The van der Waals surface area contributed by atoms with Crippen molar-refractivity contribution in [3.05, 3.63) is 64.3 Å². The summed E-state index contributed by atoms with van der Waals surface area (Å²) in [5.74, 6) is 1.18. The Labute approximate surface area is 179 Å². The van der Waals surface area contributed by atoms with Gasteiger partial charge in [-0.05, 0) is 62.5 Å². The lowest BCUT2D eigenvalue weighted by molar-refractivity contribution is -0.0903. The number of piperidine rings is 1. The maximum atomic E-state index is 6.92. The summed E-state index contributed by atoms with van der Waals surface area (Å²) in [5.41, 5.74) is 8.73. The number of para-hydroxylation sites is 1. The molecule has 30 heavy (non-hydrogen) atoms. The van der Waals surface area contributed by atoms with Crippen molar-refractivity contribution in [2.75, 3.05) is 13.6 Å². The first kappa shape index (κ1) is 18.5. The molecule has 2 aliphatic heterocycles. The number of benzene rings is 2. The van der Waals surface area contributed by atoms with Gasteiger partial charge in [0, 0.05) is 27.9 Å². The molecule has 2 aliphatic carbocycles. The molecule has 2 aromatic carbocycles. The van der Waals surface area contributed by atoms with Gasteiger partial charge in [-0.2, -0.15) is 0 Å². The first-order chi connectivity index (χ1) is 14.5. The molecule has 1 spiro atoms. The number of H-pyrrole nitrogens is 1. The fourth-order valence-corrected chi connectivity index (χ4v) is 7.48. The van der Waals surface area contributed by atoms with Crippen LogP contribution in [0.2, 0.25) is 0 Å². The minimum atomic E-state index is 0.0903. The largest absolute Gasteiger partial charge is 0.483 e. The Hall–Kier alpha value is -2.26. The van der Waals surface area contributed by atoms with E-state index in [4.69, 9.17) is 4.74 Å². The maximum absolute atomic E-state index is 6.92. The molecule has 7 rings (SSSR count). The number of aromatic amines is 1. The highest BCUT2D eigenvalue weighted by Crippen LogP contribution is 2.71. The standard InChI is InChI=1S/C25H26N2O.C2H6/c1-14-8-9-15-12-19-24(2)13-17-16-6-4-5-7-18(16)26-21(17)23-25(24,10-11-27(19)3)20(15)22(14)28-23;1-2/h4-9,19,23,26H,10-13H2,1-3H3;1-2H3/t19-,23+,24+,25+;/m1./s1. The average molecular weight is 401 g/mol. The number of hydrogen-bond donors (Lipinski definition) is 1. The third-order valence-corrected chi connectivity index (χ3v) is 8.78. The number of rotatable bonds is 0. The zero-order chi connectivity index (χ0) is 20.8. The van der Waals surface area contributed by atoms with Crippen LogP contribution >= 0.6 is 0 Å². The summed E-state index contributed by atoms with van der Waals surface area (Å²) in [4.78, 5) is 6.42. The van der Waals surface area contributed by atoms with Crippen LogP contribution in [0.5, 0.6) is 5.75 Å². The lowest BCUT2D eigenvalue weighted by Crippen LogP contribution is -2.68. The van der Waals surface area contributed by atoms with Crippen LogP contribution in [0, 0.1) is 12.3 Å². The molecular weight excluding hydrogens is 368 g/mol. The molecule has 3 nitrogen and oxygen atoms in total. The molecule has 3 heterocycles. The highest BCUT2D eigenvalue weighted by molar-refractivity contribution is 5.86. The number of fused-ring (bicyclic) bond motifs is 4. The number of ether oxygens (including phenoxy) is 1. The second-order valence-corrected chi connectivity index (χ2v) is 9.82. The number of nitrogens with one attached hydrogen (secondary N) is 1. The average Bonchev–Trinajstić information content (AvgIpc) is 3.29. The smallest absolute Gasteiger partial charge is 0.149 e. The summed E-state index contributed by atoms with van der Waals surface area (Å²) in [7, 11) is 2.33. The highest BCUT2D eigenvalue weighted by atomic mass is 16.5. The van der Waals surface area contributed by atoms with Gasteiger partial charge in [0.1, 0.15) is 11.9 Å². The van der Waals surface area contributed by atoms with Crippen molar-refractivity contribution in [2.45, 2.75) is 64.5 Å². The molecule has 0 unspecified atom stereocenters. The van der Waals surface area contributed by atoms with Gasteiger partial charge in [0.05, 0.1) is 11.1 Å². The van der Waals surface area contributed by atoms with Gasteiger partial charge in [0.25, 0.3) is 0 Å². The monoisotopic (exact) mass is 400 g/mol. The molecule has 3 heteroatoms. The minimum absolute atomic E-state index is 0.0903. The lowest BCUT2D eigenvalue weighted by atomic mass is 9.44. The van der Waals surface area contributed by atoms with Crippen molar-refractivity contribution in [2.24, 2.45) is 5.41 Å². The normalized spacial score (nSPS) is 32.7. The van der Waals surface area contributed by atoms with Crippen molar-refractivity contribution in [3.8, 4) is 5.75 Å². The second kappa shape index (κ2) is 5.91. The van der Waals surface area contributed by atoms with Crippen molar-refractivity contribution >= 4 is 10.9 Å². The summed E-state index contributed by atoms with van der Waals surface area (Å²) in [6, 6.07) is 14.0. The Kier molecular flexibility index (Phi) is 3.65. The maximum Gasteiger partial charge on any atom is 0.149 e. The van der Waals surface area contributed by atoms with Gasteiger partial charge in [-0.1, -0.05) is 51.1 Å². The van der Waals surface area contributed by atoms with E-state index in [1.54, 1.807) is 5.56 Å². The zero-order valence-electron chi connectivity index (χ0n) is 18.8. The third-order valence-electron chi connectivity index (χ3n) is 8.78. The van der Waals surface area contributed by atoms with Crippen molar-refractivity contribution < 1.29 is 4.74 Å². The minimum Gasteiger partial charge on any atom is -0.483 e. The molecule has 1 N–H and O–H groups in total. The van der Waals surface area contributed by atoms with Gasteiger partial charge >= 0.3 is 0 Å². The van der Waals surface area contributed by atoms with E-state index in [0.717, 1.165) is 19.4 Å². The number of hydrogen-bond acceptors (Lipinski definition) is 2. The SMILES string of the molecule is CC.Cc1ccc2c3c1O[C@H]1c4[nH]c5ccccc5c4C[C@@]4(C)[C@@H](C2)N(C)CC[C@]314. The van der Waals surface area contributed by atoms with Crippen LogP contribution < -0.4 is 4.74 Å². The van der Waals surface area contributed by atoms with Gasteiger partial charge < -0.3 is 14.6 Å². The van der Waals surface area contributed by atoms with Crippen molar-refractivity contribution in [1.82, 2.24) is 9.88 Å². The summed E-state index contributed by atoms with van der Waals surface area (Å²) in [6.45, 7) is 9.94. The highest BCUT2D eigenvalue weighted by Gasteiger charge is 2.70. The Morgan fingerprint density at radius 2 is 1.93 bits per heavy atom. The molecule has 0 saturated carbocycles. The lowest BCUT2D eigenvalue weighted by Gasteiger charge is -2.63. The van der Waals surface area contributed by atoms with Crippen LogP contribution in [0.1, 0.15) is 61.2 Å². The second-order valence-electron chi connectivity index (χ2n) is 9.82. The number of likely N-dealkylation sites (N-methyl/N-ethyl adjacent to an activating group) is 1. The molecule has 0 amide bonds. The number of aromatic nitrogens is 1. The summed E-state index contributed by atoms with van der Waals surface area (Å²) < 4.78 is 6.92. The summed E-state index contributed by atoms with van der Waals surface area (Å²) in [5, 5.41) is 1.39. The van der Waals surface area contributed by atoms with E-state index in [2.05, 4.69) is 67.2 Å². The Morgan fingerprint density at radius 1 is 1.13 bits per heavy atom. The van der Waals surface area contributed by atoms with E-state index in [-0.39, 0.29) is 16.9 Å². The predicted molar refractivity (Wildman–Crippen MR) is 122 cm³/mol. The van der Waals surface area contributed by atoms with Gasteiger partial charge in [0.15, 0.2) is 0 Å². The molecule has 4 atom stereocenters. The van der Waals surface area contributed by atoms with Crippen LogP contribution in [0.15, 0.2) is 36.4 Å². The Morgan fingerprint density at radius 3 is 2.77 bits per heavy atom. The van der Waals surface area contributed by atoms with Crippen LogP contribution in [0.4, 0.5) is 0 Å². The fourth-order valence-electron chi connectivity index (χ4n) is 7.48. The summed E-state index contributed by atoms with van der Waals surface area (Å²) >= 11 is 0. The molecular formula is C27H32N2O. The van der Waals surface area contributed by atoms with E-state index >= 15 is 0 Å². The molecule has 4 aliphatic rings. The van der Waals surface area contributed by atoms with Crippen LogP contribution in [-0.4, -0.2) is 29.5 Å². The molecule has 3 aromatic rings. The first-order valence-electron chi connectivity index (χ1n) is 11.6. The fraction of sp³-hybridized carbons (Fsp3) is 0.481. The van der Waals surface area contributed by atoms with Crippen molar-refractivity contribution in [3.63, 3.8) is 0 Å².